The van der Waals surface area contributed by atoms with E-state index >= 15 is 0 Å². The van der Waals surface area contributed by atoms with E-state index in [-0.39, 0.29) is 5.82 Å². The van der Waals surface area contributed by atoms with E-state index in [2.05, 4.69) is 27.1 Å². The zero-order valence-corrected chi connectivity index (χ0v) is 22.6. The number of aromatic nitrogens is 3. The zero-order chi connectivity index (χ0) is 26.8. The number of anilines is 1. The first-order valence-electron chi connectivity index (χ1n) is 11.9. The first-order valence-corrected chi connectivity index (χ1v) is 12.7. The minimum atomic E-state index is -0.799. The number of rotatable bonds is 4. The third-order valence-corrected chi connectivity index (χ3v) is 5.81. The van der Waals surface area contributed by atoms with E-state index < -0.39 is 23.4 Å². The molecule has 194 valence electrons. The SMILES string of the molecule is CC(C)(C)OC(=O)NN(C(=O)OC(C)(C)C)c1ccc2c(cc(-c3cncs3)n2Cc2ccccc2)n1. The molecular weight excluding hydrogens is 490 g/mol. The van der Waals surface area contributed by atoms with Crippen LogP contribution in [0.3, 0.4) is 0 Å². The molecule has 0 radical (unpaired) electrons. The molecule has 4 rings (SSSR count). The van der Waals surface area contributed by atoms with E-state index in [4.69, 9.17) is 14.5 Å². The molecular formula is C27H31N5O4S. The number of pyridine rings is 1. The van der Waals surface area contributed by atoms with Gasteiger partial charge < -0.3 is 14.0 Å². The molecule has 3 heterocycles. The van der Waals surface area contributed by atoms with E-state index in [1.54, 1.807) is 53.1 Å². The molecule has 0 aliphatic heterocycles. The molecule has 0 bridgehead atoms. The maximum atomic E-state index is 13.1. The van der Waals surface area contributed by atoms with Gasteiger partial charge in [-0.05, 0) is 65.3 Å². The Morgan fingerprint density at radius 1 is 1.00 bits per heavy atom. The van der Waals surface area contributed by atoms with E-state index in [0.29, 0.717) is 12.1 Å². The van der Waals surface area contributed by atoms with Gasteiger partial charge in [-0.3, -0.25) is 4.98 Å². The van der Waals surface area contributed by atoms with Crippen LogP contribution in [0.1, 0.15) is 47.1 Å². The number of hydrogen-bond acceptors (Lipinski definition) is 7. The summed E-state index contributed by atoms with van der Waals surface area (Å²) >= 11 is 1.53. The van der Waals surface area contributed by atoms with Gasteiger partial charge in [0.15, 0.2) is 5.82 Å². The first-order chi connectivity index (χ1) is 17.4. The Bertz CT molecular complexity index is 1390. The third-order valence-electron chi connectivity index (χ3n) is 5.02. The molecule has 0 saturated carbocycles. The minimum absolute atomic E-state index is 0.195. The standard InChI is InChI=1S/C27H31N5O4S/c1-26(2,3)35-24(33)30-32(25(34)36-27(4,5)6)23-13-12-20-19(29-23)14-21(22-15-28-17-37-22)31(20)16-18-10-8-7-9-11-18/h7-15,17H,16H2,1-6H3,(H,30,33). The summed E-state index contributed by atoms with van der Waals surface area (Å²) in [4.78, 5) is 35.6. The molecule has 1 N–H and O–H groups in total. The van der Waals surface area contributed by atoms with Crippen molar-refractivity contribution in [3.63, 3.8) is 0 Å². The normalized spacial score (nSPS) is 11.8. The third kappa shape index (κ3) is 6.65. The molecule has 0 aliphatic rings. The number of hydrazine groups is 1. The smallest absolute Gasteiger partial charge is 0.435 e. The van der Waals surface area contributed by atoms with Gasteiger partial charge in [-0.1, -0.05) is 30.3 Å². The van der Waals surface area contributed by atoms with Crippen LogP contribution in [0.15, 0.2) is 60.2 Å². The number of nitrogens with one attached hydrogen (secondary N) is 1. The Morgan fingerprint density at radius 2 is 1.70 bits per heavy atom. The highest BCUT2D eigenvalue weighted by molar-refractivity contribution is 7.13. The minimum Gasteiger partial charge on any atom is -0.443 e. The Hall–Kier alpha value is -3.92. The van der Waals surface area contributed by atoms with Crippen LogP contribution in [-0.4, -0.2) is 37.9 Å². The lowest BCUT2D eigenvalue weighted by Crippen LogP contribution is -2.50. The average Bonchev–Trinajstić information content (AvgIpc) is 3.44. The zero-order valence-electron chi connectivity index (χ0n) is 21.8. The van der Waals surface area contributed by atoms with Gasteiger partial charge in [0.25, 0.3) is 0 Å². The maximum Gasteiger partial charge on any atom is 0.435 e. The maximum absolute atomic E-state index is 13.1. The molecule has 0 saturated heterocycles. The molecule has 4 aromatic rings. The van der Waals surface area contributed by atoms with Crippen LogP contribution in [0.2, 0.25) is 0 Å². The van der Waals surface area contributed by atoms with Gasteiger partial charge in [0.1, 0.15) is 11.2 Å². The van der Waals surface area contributed by atoms with Gasteiger partial charge in [-0.25, -0.2) is 20.0 Å². The lowest BCUT2D eigenvalue weighted by molar-refractivity contribution is 0.0424. The Kier molecular flexibility index (Phi) is 7.22. The molecule has 2 amide bonds. The summed E-state index contributed by atoms with van der Waals surface area (Å²) in [5, 5.41) is 0.972. The van der Waals surface area contributed by atoms with Gasteiger partial charge in [-0.2, -0.15) is 5.01 Å². The van der Waals surface area contributed by atoms with Crippen molar-refractivity contribution in [3.05, 3.63) is 65.8 Å². The quantitative estimate of drug-likeness (QED) is 0.313. The summed E-state index contributed by atoms with van der Waals surface area (Å²) in [6, 6.07) is 15.6. The van der Waals surface area contributed by atoms with Crippen LogP contribution in [0.4, 0.5) is 15.4 Å². The fourth-order valence-corrected chi connectivity index (χ4v) is 4.28. The van der Waals surface area contributed by atoms with Crippen LogP contribution in [0.25, 0.3) is 21.6 Å². The van der Waals surface area contributed by atoms with Crippen molar-refractivity contribution in [1.29, 1.82) is 0 Å². The first kappa shape index (κ1) is 26.2. The van der Waals surface area contributed by atoms with Gasteiger partial charge in [0.05, 0.1) is 27.1 Å². The molecule has 9 nitrogen and oxygen atoms in total. The summed E-state index contributed by atoms with van der Waals surface area (Å²) in [6.45, 7) is 11.1. The second-order valence-electron chi connectivity index (χ2n) is 10.5. The second-order valence-corrected chi connectivity index (χ2v) is 11.4. The number of fused-ring (bicyclic) bond motifs is 1. The number of benzene rings is 1. The van der Waals surface area contributed by atoms with Gasteiger partial charge >= 0.3 is 12.2 Å². The fraction of sp³-hybridized carbons (Fsp3) is 0.333. The lowest BCUT2D eigenvalue weighted by Gasteiger charge is -2.28. The number of ether oxygens (including phenoxy) is 2. The number of carbonyl (C=O) groups is 2. The Labute approximate surface area is 220 Å². The molecule has 10 heteroatoms. The van der Waals surface area contributed by atoms with Crippen molar-refractivity contribution in [2.24, 2.45) is 0 Å². The van der Waals surface area contributed by atoms with Crippen molar-refractivity contribution >= 4 is 40.4 Å². The van der Waals surface area contributed by atoms with Crippen LogP contribution < -0.4 is 10.4 Å². The molecule has 0 spiro atoms. The van der Waals surface area contributed by atoms with Crippen LogP contribution in [-0.2, 0) is 16.0 Å². The van der Waals surface area contributed by atoms with Crippen LogP contribution in [0.5, 0.6) is 0 Å². The van der Waals surface area contributed by atoms with E-state index in [1.807, 2.05) is 36.5 Å². The summed E-state index contributed by atoms with van der Waals surface area (Å²) in [5.41, 5.74) is 6.35. The highest BCUT2D eigenvalue weighted by atomic mass is 32.1. The average molecular weight is 522 g/mol. The largest absolute Gasteiger partial charge is 0.443 e. The summed E-state index contributed by atoms with van der Waals surface area (Å²) < 4.78 is 13.0. The van der Waals surface area contributed by atoms with Gasteiger partial charge in [-0.15, -0.1) is 11.3 Å². The molecule has 0 atom stereocenters. The van der Waals surface area contributed by atoms with Crippen molar-refractivity contribution < 1.29 is 19.1 Å². The van der Waals surface area contributed by atoms with E-state index in [9.17, 15) is 9.59 Å². The van der Waals surface area contributed by atoms with Crippen LogP contribution in [0, 0.1) is 0 Å². The molecule has 1 aromatic carbocycles. The van der Waals surface area contributed by atoms with Crippen LogP contribution >= 0.6 is 11.3 Å². The van der Waals surface area contributed by atoms with E-state index in [1.165, 1.54) is 11.3 Å². The Balaban J connectivity index is 1.76. The fourth-order valence-electron chi connectivity index (χ4n) is 3.63. The lowest BCUT2D eigenvalue weighted by atomic mass is 10.2. The van der Waals surface area contributed by atoms with Crippen molar-refractivity contribution in [1.82, 2.24) is 20.0 Å². The second kappa shape index (κ2) is 10.2. The summed E-state index contributed by atoms with van der Waals surface area (Å²) in [7, 11) is 0. The monoisotopic (exact) mass is 521 g/mol. The number of thiazole rings is 1. The topological polar surface area (TPSA) is 98.6 Å². The molecule has 3 aromatic heterocycles. The highest BCUT2D eigenvalue weighted by Crippen LogP contribution is 2.32. The Morgan fingerprint density at radius 3 is 2.32 bits per heavy atom. The van der Waals surface area contributed by atoms with Crippen molar-refractivity contribution in [3.8, 4) is 10.6 Å². The number of carbonyl (C=O) groups excluding carboxylic acids is 2. The van der Waals surface area contributed by atoms with E-state index in [0.717, 1.165) is 26.7 Å². The number of hydrogen-bond donors (Lipinski definition) is 1. The predicted octanol–water partition coefficient (Wildman–Crippen LogP) is 6.39. The van der Waals surface area contributed by atoms with Crippen molar-refractivity contribution in [2.75, 3.05) is 5.01 Å². The predicted molar refractivity (Wildman–Crippen MR) is 144 cm³/mol. The van der Waals surface area contributed by atoms with Gasteiger partial charge in [0.2, 0.25) is 0 Å². The summed E-state index contributed by atoms with van der Waals surface area (Å²) in [5.74, 6) is 0.195. The molecule has 0 fully saturated rings. The molecule has 0 aliphatic carbocycles. The number of nitrogens with zero attached hydrogens (tertiary/aromatic N) is 4. The van der Waals surface area contributed by atoms with Crippen molar-refractivity contribution in [2.45, 2.75) is 59.3 Å². The molecule has 0 unspecified atom stereocenters. The van der Waals surface area contributed by atoms with Gasteiger partial charge in [0, 0.05) is 12.7 Å². The molecule has 37 heavy (non-hydrogen) atoms. The highest BCUT2D eigenvalue weighted by Gasteiger charge is 2.28. The number of amides is 2. The summed E-state index contributed by atoms with van der Waals surface area (Å²) in [6.07, 6.45) is 0.238.